The van der Waals surface area contributed by atoms with E-state index in [0.717, 1.165) is 27.6 Å². The fourth-order valence-electron chi connectivity index (χ4n) is 2.01. The van der Waals surface area contributed by atoms with Gasteiger partial charge in [-0.05, 0) is 64.2 Å². The van der Waals surface area contributed by atoms with Crippen molar-refractivity contribution >= 4 is 54.5 Å². The molecule has 0 saturated heterocycles. The number of nitrogens with zero attached hydrogens (tertiary/aromatic N) is 1. The highest BCUT2D eigenvalue weighted by atomic mass is 79.9. The summed E-state index contributed by atoms with van der Waals surface area (Å²) < 4.78 is 2.25. The Morgan fingerprint density at radius 3 is 2.55 bits per heavy atom. The summed E-state index contributed by atoms with van der Waals surface area (Å²) in [6.07, 6.45) is 2.12. The summed E-state index contributed by atoms with van der Waals surface area (Å²) in [5.41, 5.74) is 1.22. The van der Waals surface area contributed by atoms with Gasteiger partial charge in [-0.2, -0.15) is 0 Å². The Bertz CT molecular complexity index is 558. The van der Waals surface area contributed by atoms with E-state index in [-0.39, 0.29) is 6.04 Å². The number of hydrogen-bond acceptors (Lipinski definition) is 4. The van der Waals surface area contributed by atoms with E-state index >= 15 is 0 Å². The van der Waals surface area contributed by atoms with Gasteiger partial charge in [-0.25, -0.2) is 4.98 Å². The summed E-state index contributed by atoms with van der Waals surface area (Å²) in [7, 11) is 0. The van der Waals surface area contributed by atoms with Crippen LogP contribution < -0.4 is 5.32 Å². The second-order valence-corrected chi connectivity index (χ2v) is 9.06. The molecule has 0 bridgehead atoms. The van der Waals surface area contributed by atoms with E-state index in [1.807, 2.05) is 11.3 Å². The van der Waals surface area contributed by atoms with E-state index in [9.17, 15) is 0 Å². The molecule has 1 N–H and O–H groups in total. The van der Waals surface area contributed by atoms with Gasteiger partial charge in [0.15, 0.2) is 0 Å². The van der Waals surface area contributed by atoms with Crippen LogP contribution in [0.25, 0.3) is 0 Å². The zero-order chi connectivity index (χ0) is 14.7. The molecule has 0 aliphatic rings. The van der Waals surface area contributed by atoms with Crippen LogP contribution in [0.2, 0.25) is 0 Å². The Kier molecular flexibility index (Phi) is 6.23. The Balaban J connectivity index is 2.35. The highest BCUT2D eigenvalue weighted by Gasteiger charge is 2.21. The van der Waals surface area contributed by atoms with Gasteiger partial charge in [-0.1, -0.05) is 13.8 Å². The molecule has 0 aliphatic carbocycles. The van der Waals surface area contributed by atoms with E-state index in [2.05, 4.69) is 64.0 Å². The molecule has 20 heavy (non-hydrogen) atoms. The minimum absolute atomic E-state index is 0.201. The number of halogens is 2. The minimum atomic E-state index is 0.201. The first kappa shape index (κ1) is 16.6. The number of rotatable bonds is 6. The molecule has 0 fully saturated rings. The van der Waals surface area contributed by atoms with Crippen molar-refractivity contribution in [3.63, 3.8) is 0 Å². The van der Waals surface area contributed by atoms with E-state index < -0.39 is 0 Å². The molecule has 0 radical (unpaired) electrons. The minimum Gasteiger partial charge on any atom is -0.304 e. The molecule has 2 aromatic heterocycles. The molecule has 110 valence electrons. The molecule has 0 aliphatic heterocycles. The number of nitrogens with one attached hydrogen (secondary N) is 1. The van der Waals surface area contributed by atoms with Crippen LogP contribution in [-0.4, -0.2) is 11.5 Å². The normalized spacial score (nSPS) is 12.8. The lowest BCUT2D eigenvalue weighted by Crippen LogP contribution is -2.22. The van der Waals surface area contributed by atoms with Crippen LogP contribution in [0.1, 0.15) is 46.8 Å². The van der Waals surface area contributed by atoms with E-state index in [0.29, 0.717) is 0 Å². The zero-order valence-corrected chi connectivity index (χ0v) is 16.6. The maximum absolute atomic E-state index is 4.83. The van der Waals surface area contributed by atoms with Gasteiger partial charge < -0.3 is 5.32 Å². The lowest BCUT2D eigenvalue weighted by Gasteiger charge is -2.14. The predicted molar refractivity (Wildman–Crippen MR) is 96.1 cm³/mol. The summed E-state index contributed by atoms with van der Waals surface area (Å²) in [5, 5.41) is 4.80. The van der Waals surface area contributed by atoms with E-state index in [1.54, 1.807) is 11.3 Å². The first-order chi connectivity index (χ1) is 9.56. The Hall–Kier alpha value is 0.250. The first-order valence-corrected chi connectivity index (χ1v) is 9.93. The van der Waals surface area contributed by atoms with Crippen molar-refractivity contribution in [2.45, 2.75) is 39.7 Å². The van der Waals surface area contributed by atoms with Crippen molar-refractivity contribution in [2.24, 2.45) is 0 Å². The van der Waals surface area contributed by atoms with Gasteiger partial charge in [0.05, 0.1) is 15.5 Å². The third kappa shape index (κ3) is 3.71. The van der Waals surface area contributed by atoms with Crippen LogP contribution in [0.4, 0.5) is 0 Å². The fourth-order valence-corrected chi connectivity index (χ4v) is 5.35. The van der Waals surface area contributed by atoms with Gasteiger partial charge in [-0.15, -0.1) is 22.7 Å². The zero-order valence-electron chi connectivity index (χ0n) is 11.8. The lowest BCUT2D eigenvalue weighted by atomic mass is 10.2. The van der Waals surface area contributed by atoms with Crippen LogP contribution in [0.3, 0.4) is 0 Å². The van der Waals surface area contributed by atoms with Gasteiger partial charge in [0.1, 0.15) is 5.01 Å². The molecule has 2 aromatic rings. The van der Waals surface area contributed by atoms with Gasteiger partial charge >= 0.3 is 0 Å². The molecule has 2 heterocycles. The second-order valence-electron chi connectivity index (χ2n) is 4.57. The maximum atomic E-state index is 4.83. The van der Waals surface area contributed by atoms with Crippen molar-refractivity contribution in [2.75, 3.05) is 6.54 Å². The fraction of sp³-hybridized carbons (Fsp3) is 0.500. The monoisotopic (exact) mass is 436 g/mol. The third-order valence-corrected chi connectivity index (χ3v) is 7.44. The van der Waals surface area contributed by atoms with Gasteiger partial charge in [0.25, 0.3) is 0 Å². The highest BCUT2D eigenvalue weighted by Crippen LogP contribution is 2.38. The second kappa shape index (κ2) is 7.49. The van der Waals surface area contributed by atoms with Crippen molar-refractivity contribution in [1.29, 1.82) is 0 Å². The van der Waals surface area contributed by atoms with Crippen LogP contribution in [0.5, 0.6) is 0 Å². The number of thiophene rings is 1. The average molecular weight is 438 g/mol. The summed E-state index contributed by atoms with van der Waals surface area (Å²) in [6, 6.07) is 2.39. The smallest absolute Gasteiger partial charge is 0.115 e. The van der Waals surface area contributed by atoms with Gasteiger partial charge in [-0.3, -0.25) is 0 Å². The molecule has 2 rings (SSSR count). The molecule has 0 amide bonds. The Morgan fingerprint density at radius 2 is 2.05 bits per heavy atom. The molecule has 0 aromatic carbocycles. The lowest BCUT2D eigenvalue weighted by molar-refractivity contribution is 0.601. The number of aromatic nitrogens is 1. The predicted octanol–water partition coefficient (Wildman–Crippen LogP) is 5.69. The number of thiazole rings is 1. The summed E-state index contributed by atoms with van der Waals surface area (Å²) >= 11 is 10.7. The molecular weight excluding hydrogens is 420 g/mol. The Labute approximate surface area is 145 Å². The van der Waals surface area contributed by atoms with E-state index in [4.69, 9.17) is 4.98 Å². The van der Waals surface area contributed by atoms with Crippen LogP contribution in [-0.2, 0) is 6.42 Å². The van der Waals surface area contributed by atoms with Gasteiger partial charge in [0, 0.05) is 14.2 Å². The van der Waals surface area contributed by atoms with Crippen molar-refractivity contribution < 1.29 is 0 Å². The summed E-state index contributed by atoms with van der Waals surface area (Å²) in [4.78, 5) is 7.46. The largest absolute Gasteiger partial charge is 0.304 e. The molecule has 6 heteroatoms. The van der Waals surface area contributed by atoms with Crippen molar-refractivity contribution in [3.8, 4) is 0 Å². The number of aryl methyl sites for hydroxylation is 2. The van der Waals surface area contributed by atoms with Crippen molar-refractivity contribution in [1.82, 2.24) is 10.3 Å². The van der Waals surface area contributed by atoms with Crippen LogP contribution in [0.15, 0.2) is 14.3 Å². The van der Waals surface area contributed by atoms with Gasteiger partial charge in [0.2, 0.25) is 0 Å². The molecular formula is C14H18Br2N2S2. The standard InChI is InChI=1S/C14H18Br2N2S2/c1-4-6-17-12(11-7-9(15)13(16)20-11)14-18-10(5-2)8(3)19-14/h7,12,17H,4-6H2,1-3H3. The quantitative estimate of drug-likeness (QED) is 0.627. The average Bonchev–Trinajstić information content (AvgIpc) is 2.94. The Morgan fingerprint density at radius 1 is 1.30 bits per heavy atom. The molecule has 1 unspecified atom stereocenters. The van der Waals surface area contributed by atoms with E-state index in [1.165, 1.54) is 20.5 Å². The van der Waals surface area contributed by atoms with Crippen LogP contribution >= 0.6 is 54.5 Å². The first-order valence-electron chi connectivity index (χ1n) is 6.71. The third-order valence-electron chi connectivity index (χ3n) is 3.04. The molecule has 1 atom stereocenters. The topological polar surface area (TPSA) is 24.9 Å². The maximum Gasteiger partial charge on any atom is 0.115 e. The summed E-state index contributed by atoms with van der Waals surface area (Å²) in [5.74, 6) is 0. The SMILES string of the molecule is CCCNC(c1cc(Br)c(Br)s1)c1nc(CC)c(C)s1. The molecule has 0 saturated carbocycles. The number of hydrogen-bond donors (Lipinski definition) is 1. The highest BCUT2D eigenvalue weighted by molar-refractivity contribution is 9.13. The summed E-state index contributed by atoms with van der Waals surface area (Å²) in [6.45, 7) is 7.52. The van der Waals surface area contributed by atoms with Crippen LogP contribution in [0, 0.1) is 6.92 Å². The van der Waals surface area contributed by atoms with Crippen molar-refractivity contribution in [3.05, 3.63) is 34.8 Å². The molecule has 0 spiro atoms. The molecule has 2 nitrogen and oxygen atoms in total.